The zero-order valence-electron chi connectivity index (χ0n) is 30.6. The minimum Gasteiger partial charge on any atom is -0.354 e. The van der Waals surface area contributed by atoms with Crippen molar-refractivity contribution in [3.8, 4) is 66.8 Å². The maximum atomic E-state index is 3.93. The fourth-order valence-corrected chi connectivity index (χ4v) is 8.94. The van der Waals surface area contributed by atoms with Gasteiger partial charge in [-0.1, -0.05) is 194 Å². The monoisotopic (exact) mass is 712 g/mol. The normalized spacial score (nSPS) is 11.6. The number of aromatic nitrogens is 2. The molecule has 0 amide bonds. The van der Waals surface area contributed by atoms with E-state index in [0.717, 1.165) is 22.1 Å². The molecule has 2 N–H and O–H groups in total. The molecule has 0 aliphatic carbocycles. The minimum atomic E-state index is 1.13. The third-order valence-corrected chi connectivity index (χ3v) is 11.4. The van der Waals surface area contributed by atoms with Crippen LogP contribution in [0.2, 0.25) is 0 Å². The molecule has 0 spiro atoms. The van der Waals surface area contributed by atoms with Crippen molar-refractivity contribution in [3.63, 3.8) is 0 Å². The Balaban J connectivity index is 1.25. The predicted molar refractivity (Wildman–Crippen MR) is 238 cm³/mol. The van der Waals surface area contributed by atoms with Gasteiger partial charge in [-0.2, -0.15) is 0 Å². The van der Waals surface area contributed by atoms with Crippen LogP contribution in [0.1, 0.15) is 0 Å². The number of nitrogens with one attached hydrogen (secondary N) is 2. The largest absolute Gasteiger partial charge is 0.354 e. The highest BCUT2D eigenvalue weighted by Crippen LogP contribution is 2.49. The van der Waals surface area contributed by atoms with E-state index in [9.17, 15) is 0 Å². The Kier molecular flexibility index (Phi) is 7.53. The first-order valence-corrected chi connectivity index (χ1v) is 19.3. The minimum absolute atomic E-state index is 1.13. The highest BCUT2D eigenvalue weighted by Gasteiger charge is 2.24. The van der Waals surface area contributed by atoms with E-state index in [0.29, 0.717) is 0 Å². The van der Waals surface area contributed by atoms with Gasteiger partial charge in [0.15, 0.2) is 0 Å². The molecule has 0 radical (unpaired) electrons. The van der Waals surface area contributed by atoms with E-state index in [4.69, 9.17) is 0 Å². The lowest BCUT2D eigenvalue weighted by Gasteiger charge is -2.21. The third kappa shape index (κ3) is 5.11. The molecule has 2 heteroatoms. The van der Waals surface area contributed by atoms with Gasteiger partial charge in [0.2, 0.25) is 0 Å². The van der Waals surface area contributed by atoms with E-state index in [1.807, 2.05) is 0 Å². The summed E-state index contributed by atoms with van der Waals surface area (Å²) in [6.07, 6.45) is 0. The average Bonchev–Trinajstić information content (AvgIpc) is 3.85. The van der Waals surface area contributed by atoms with Crippen LogP contribution < -0.4 is 0 Å². The molecule has 11 rings (SSSR count). The second-order valence-electron chi connectivity index (χ2n) is 14.5. The van der Waals surface area contributed by atoms with Crippen LogP contribution in [0.15, 0.2) is 206 Å². The number of H-pyrrole nitrogens is 2. The van der Waals surface area contributed by atoms with Gasteiger partial charge in [0, 0.05) is 43.7 Å². The summed E-state index contributed by atoms with van der Waals surface area (Å²) in [4.78, 5) is 7.81. The Labute approximate surface area is 325 Å². The summed E-state index contributed by atoms with van der Waals surface area (Å²) in [6.45, 7) is 0. The lowest BCUT2D eigenvalue weighted by molar-refractivity contribution is 1.51. The molecule has 262 valence electrons. The molecular weight excluding hydrogens is 677 g/mol. The highest BCUT2D eigenvalue weighted by atomic mass is 14.7. The van der Waals surface area contributed by atoms with E-state index in [2.05, 4.69) is 216 Å². The van der Waals surface area contributed by atoms with Crippen molar-refractivity contribution in [1.29, 1.82) is 0 Å². The van der Waals surface area contributed by atoms with Gasteiger partial charge in [-0.15, -0.1) is 0 Å². The smallest absolute Gasteiger partial charge is 0.0551 e. The molecule has 9 aromatic carbocycles. The SMILES string of the molecule is c1ccc(-c2ccccc2-c2ccccc2-c2ccc3c([nH]c4ccccc43)c2-c2ccccc2-c2c(-c3ccccc3)ccc3c2[nH]c2ccccc23)cc1. The van der Waals surface area contributed by atoms with Gasteiger partial charge in [-0.05, 0) is 67.8 Å². The predicted octanol–water partition coefficient (Wildman–Crippen LogP) is 15.0. The number of para-hydroxylation sites is 2. The van der Waals surface area contributed by atoms with Crippen molar-refractivity contribution in [1.82, 2.24) is 9.97 Å². The van der Waals surface area contributed by atoms with E-state index < -0.39 is 0 Å². The molecule has 0 saturated heterocycles. The number of benzene rings is 9. The third-order valence-electron chi connectivity index (χ3n) is 11.4. The molecule has 0 saturated carbocycles. The summed E-state index contributed by atoms with van der Waals surface area (Å²) < 4.78 is 0. The second-order valence-corrected chi connectivity index (χ2v) is 14.5. The molecule has 2 heterocycles. The summed E-state index contributed by atoms with van der Waals surface area (Å²) in [6, 6.07) is 74.8. The molecule has 0 atom stereocenters. The Hall–Kier alpha value is -7.42. The average molecular weight is 713 g/mol. The first-order valence-electron chi connectivity index (χ1n) is 19.3. The van der Waals surface area contributed by atoms with Crippen molar-refractivity contribution >= 4 is 43.6 Å². The molecule has 11 aromatic rings. The lowest BCUT2D eigenvalue weighted by Crippen LogP contribution is -1.95. The number of fused-ring (bicyclic) bond motifs is 6. The van der Waals surface area contributed by atoms with Crippen LogP contribution in [-0.2, 0) is 0 Å². The number of hydrogen-bond acceptors (Lipinski definition) is 0. The molecule has 0 unspecified atom stereocenters. The van der Waals surface area contributed by atoms with Crippen LogP contribution >= 0.6 is 0 Å². The van der Waals surface area contributed by atoms with E-state index in [1.54, 1.807) is 0 Å². The molecule has 0 bridgehead atoms. The van der Waals surface area contributed by atoms with Crippen molar-refractivity contribution < 1.29 is 0 Å². The lowest BCUT2D eigenvalue weighted by atomic mass is 9.83. The van der Waals surface area contributed by atoms with Crippen LogP contribution in [0.3, 0.4) is 0 Å². The Morgan fingerprint density at radius 3 is 1.11 bits per heavy atom. The number of rotatable bonds is 6. The maximum Gasteiger partial charge on any atom is 0.0551 e. The van der Waals surface area contributed by atoms with E-state index in [-0.39, 0.29) is 0 Å². The zero-order chi connectivity index (χ0) is 37.0. The van der Waals surface area contributed by atoms with Crippen LogP contribution in [0, 0.1) is 0 Å². The Bertz CT molecular complexity index is 3240. The Morgan fingerprint density at radius 1 is 0.214 bits per heavy atom. The van der Waals surface area contributed by atoms with Crippen molar-refractivity contribution in [2.45, 2.75) is 0 Å². The van der Waals surface area contributed by atoms with Crippen molar-refractivity contribution in [2.24, 2.45) is 0 Å². The fourth-order valence-electron chi connectivity index (χ4n) is 8.94. The molecule has 0 fully saturated rings. The van der Waals surface area contributed by atoms with Gasteiger partial charge < -0.3 is 9.97 Å². The van der Waals surface area contributed by atoms with Crippen LogP contribution in [0.25, 0.3) is 110 Å². The fraction of sp³-hybridized carbons (Fsp3) is 0. The Morgan fingerprint density at radius 2 is 0.571 bits per heavy atom. The molecule has 0 aliphatic rings. The quantitative estimate of drug-likeness (QED) is 0.172. The maximum absolute atomic E-state index is 3.93. The standard InChI is InChI=1S/C54H36N2/c1-3-17-35(18-4-1)37-21-7-8-22-39(37)40-23-9-10-24-41(40)46-32-34-48-43-26-14-16-30-50(43)56-54(48)52(46)45-28-12-11-27-44(45)51-38(36-19-5-2-6-20-36)31-33-47-42-25-13-15-29-49(42)55-53(47)51/h1-34,55-56H. The van der Waals surface area contributed by atoms with Crippen LogP contribution in [0.4, 0.5) is 0 Å². The second kappa shape index (κ2) is 13.2. The van der Waals surface area contributed by atoms with Crippen LogP contribution in [0.5, 0.6) is 0 Å². The zero-order valence-corrected chi connectivity index (χ0v) is 30.6. The summed E-state index contributed by atoms with van der Waals surface area (Å²) >= 11 is 0. The topological polar surface area (TPSA) is 31.6 Å². The molecule has 2 nitrogen and oxygen atoms in total. The summed E-state index contributed by atoms with van der Waals surface area (Å²) in [5.41, 5.74) is 18.8. The molecule has 2 aromatic heterocycles. The van der Waals surface area contributed by atoms with E-state index >= 15 is 0 Å². The number of hydrogen-bond donors (Lipinski definition) is 2. The molecular formula is C54H36N2. The van der Waals surface area contributed by atoms with Gasteiger partial charge in [0.1, 0.15) is 0 Å². The van der Waals surface area contributed by atoms with Gasteiger partial charge in [-0.25, -0.2) is 0 Å². The van der Waals surface area contributed by atoms with Gasteiger partial charge in [0.05, 0.1) is 11.0 Å². The molecule has 56 heavy (non-hydrogen) atoms. The van der Waals surface area contributed by atoms with Gasteiger partial charge in [-0.3, -0.25) is 0 Å². The summed E-state index contributed by atoms with van der Waals surface area (Å²) in [7, 11) is 0. The highest BCUT2D eigenvalue weighted by molar-refractivity contribution is 6.20. The van der Waals surface area contributed by atoms with Gasteiger partial charge >= 0.3 is 0 Å². The van der Waals surface area contributed by atoms with E-state index in [1.165, 1.54) is 88.3 Å². The summed E-state index contributed by atoms with van der Waals surface area (Å²) in [5.74, 6) is 0. The summed E-state index contributed by atoms with van der Waals surface area (Å²) in [5, 5.41) is 4.88. The molecule has 0 aliphatic heterocycles. The van der Waals surface area contributed by atoms with Crippen molar-refractivity contribution in [3.05, 3.63) is 206 Å². The first kappa shape index (κ1) is 32.0. The first-order chi connectivity index (χ1) is 27.8. The van der Waals surface area contributed by atoms with Crippen molar-refractivity contribution in [2.75, 3.05) is 0 Å². The number of aromatic amines is 2. The van der Waals surface area contributed by atoms with Crippen LogP contribution in [-0.4, -0.2) is 9.97 Å². The van der Waals surface area contributed by atoms with Gasteiger partial charge in [0.25, 0.3) is 0 Å².